The van der Waals surface area contributed by atoms with E-state index >= 15 is 0 Å². The maximum atomic E-state index is 5.97. The number of aromatic amines is 1. The Balaban J connectivity index is 2.27. The number of ether oxygens (including phenoxy) is 1. The second kappa shape index (κ2) is 2.83. The zero-order chi connectivity index (χ0) is 9.54. The summed E-state index contributed by atoms with van der Waals surface area (Å²) < 4.78 is 5.40. The average molecular weight is 188 g/mol. The molecular weight excluding hydrogens is 176 g/mol. The predicted octanol–water partition coefficient (Wildman–Crippen LogP) is 1.70. The van der Waals surface area contributed by atoms with E-state index in [1.54, 1.807) is 0 Å². The van der Waals surface area contributed by atoms with Crippen LogP contribution in [-0.2, 0) is 11.3 Å². The van der Waals surface area contributed by atoms with E-state index in [0.29, 0.717) is 13.2 Å². The maximum absolute atomic E-state index is 5.97. The van der Waals surface area contributed by atoms with Crippen molar-refractivity contribution in [2.24, 2.45) is 5.73 Å². The molecule has 3 rings (SSSR count). The fourth-order valence-corrected chi connectivity index (χ4v) is 2.02. The molecule has 1 aliphatic heterocycles. The SMILES string of the molecule is NC1COCc2cc3cc[nH]c3cc21. The lowest BCUT2D eigenvalue weighted by Crippen LogP contribution is -2.23. The zero-order valence-corrected chi connectivity index (χ0v) is 7.79. The molecule has 2 aromatic rings. The molecule has 3 N–H and O–H groups in total. The van der Waals surface area contributed by atoms with Gasteiger partial charge in [-0.15, -0.1) is 0 Å². The summed E-state index contributed by atoms with van der Waals surface area (Å²) in [5.41, 5.74) is 9.55. The molecule has 1 atom stereocenters. The van der Waals surface area contributed by atoms with Crippen LogP contribution in [0.5, 0.6) is 0 Å². The van der Waals surface area contributed by atoms with Crippen LogP contribution in [0.2, 0.25) is 0 Å². The minimum Gasteiger partial charge on any atom is -0.375 e. The van der Waals surface area contributed by atoms with Gasteiger partial charge in [0.05, 0.1) is 19.3 Å². The lowest BCUT2D eigenvalue weighted by molar-refractivity contribution is 0.0926. The smallest absolute Gasteiger partial charge is 0.0721 e. The second-order valence-electron chi connectivity index (χ2n) is 3.74. The van der Waals surface area contributed by atoms with Crippen LogP contribution in [0, 0.1) is 0 Å². The highest BCUT2D eigenvalue weighted by Crippen LogP contribution is 2.27. The van der Waals surface area contributed by atoms with E-state index in [9.17, 15) is 0 Å². The summed E-state index contributed by atoms with van der Waals surface area (Å²) in [6.45, 7) is 1.31. The molecule has 0 aliphatic carbocycles. The quantitative estimate of drug-likeness (QED) is 0.661. The molecule has 0 spiro atoms. The molecule has 0 radical (unpaired) electrons. The molecule has 0 saturated heterocycles. The van der Waals surface area contributed by atoms with Crippen molar-refractivity contribution in [2.45, 2.75) is 12.6 Å². The fourth-order valence-electron chi connectivity index (χ4n) is 2.02. The highest BCUT2D eigenvalue weighted by Gasteiger charge is 2.17. The standard InChI is InChI=1S/C11H12N2O/c12-10-6-14-5-8-3-7-1-2-13-11(7)4-9(8)10/h1-4,10,13H,5-6,12H2. The number of nitrogens with one attached hydrogen (secondary N) is 1. The fraction of sp³-hybridized carbons (Fsp3) is 0.273. The predicted molar refractivity (Wildman–Crippen MR) is 54.9 cm³/mol. The van der Waals surface area contributed by atoms with Gasteiger partial charge >= 0.3 is 0 Å². The molecule has 1 aliphatic rings. The number of rotatable bonds is 0. The third-order valence-corrected chi connectivity index (χ3v) is 2.77. The second-order valence-corrected chi connectivity index (χ2v) is 3.74. The Kier molecular flexibility index (Phi) is 1.63. The Hall–Kier alpha value is -1.32. The molecule has 0 amide bonds. The van der Waals surface area contributed by atoms with Gasteiger partial charge in [-0.25, -0.2) is 0 Å². The van der Waals surface area contributed by atoms with Crippen LogP contribution < -0.4 is 5.73 Å². The summed E-state index contributed by atoms with van der Waals surface area (Å²) in [6, 6.07) is 6.37. The van der Waals surface area contributed by atoms with Crippen molar-refractivity contribution in [3.8, 4) is 0 Å². The first kappa shape index (κ1) is 8.03. The van der Waals surface area contributed by atoms with E-state index < -0.39 is 0 Å². The molecule has 3 heteroatoms. The maximum Gasteiger partial charge on any atom is 0.0721 e. The van der Waals surface area contributed by atoms with E-state index in [1.807, 2.05) is 6.20 Å². The Morgan fingerprint density at radius 3 is 3.29 bits per heavy atom. The molecule has 0 bridgehead atoms. The summed E-state index contributed by atoms with van der Waals surface area (Å²) in [5, 5.41) is 1.22. The van der Waals surface area contributed by atoms with Crippen molar-refractivity contribution in [2.75, 3.05) is 6.61 Å². The van der Waals surface area contributed by atoms with E-state index in [1.165, 1.54) is 16.5 Å². The summed E-state index contributed by atoms with van der Waals surface area (Å²) >= 11 is 0. The molecule has 14 heavy (non-hydrogen) atoms. The Morgan fingerprint density at radius 1 is 1.43 bits per heavy atom. The Bertz CT molecular complexity index is 475. The van der Waals surface area contributed by atoms with Gasteiger partial charge in [0, 0.05) is 11.7 Å². The van der Waals surface area contributed by atoms with Crippen molar-refractivity contribution in [1.29, 1.82) is 0 Å². The molecule has 1 unspecified atom stereocenters. The van der Waals surface area contributed by atoms with Gasteiger partial charge in [0.1, 0.15) is 0 Å². The van der Waals surface area contributed by atoms with Crippen LogP contribution in [0.15, 0.2) is 24.4 Å². The minimum absolute atomic E-state index is 0.0199. The van der Waals surface area contributed by atoms with Gasteiger partial charge in [-0.2, -0.15) is 0 Å². The van der Waals surface area contributed by atoms with Crippen molar-refractivity contribution < 1.29 is 4.74 Å². The number of fused-ring (bicyclic) bond motifs is 2. The summed E-state index contributed by atoms with van der Waals surface area (Å²) in [4.78, 5) is 3.19. The van der Waals surface area contributed by atoms with E-state index in [0.717, 1.165) is 5.52 Å². The van der Waals surface area contributed by atoms with Gasteiger partial charge in [0.25, 0.3) is 0 Å². The first-order chi connectivity index (χ1) is 6.84. The van der Waals surface area contributed by atoms with Crippen molar-refractivity contribution in [3.05, 3.63) is 35.5 Å². The van der Waals surface area contributed by atoms with E-state index in [-0.39, 0.29) is 6.04 Å². The van der Waals surface area contributed by atoms with Crippen molar-refractivity contribution in [1.82, 2.24) is 4.98 Å². The molecule has 1 aromatic carbocycles. The summed E-state index contributed by atoms with van der Waals surface area (Å²) in [6.07, 6.45) is 1.95. The molecule has 2 heterocycles. The number of aromatic nitrogens is 1. The number of benzene rings is 1. The highest BCUT2D eigenvalue weighted by molar-refractivity contribution is 5.81. The molecule has 72 valence electrons. The normalized spacial score (nSPS) is 21.1. The molecule has 3 nitrogen and oxygen atoms in total. The number of H-pyrrole nitrogens is 1. The topological polar surface area (TPSA) is 51.0 Å². The first-order valence-corrected chi connectivity index (χ1v) is 4.78. The number of hydrogen-bond donors (Lipinski definition) is 2. The van der Waals surface area contributed by atoms with Crippen LogP contribution in [0.4, 0.5) is 0 Å². The van der Waals surface area contributed by atoms with Gasteiger partial charge < -0.3 is 15.5 Å². The minimum atomic E-state index is 0.0199. The van der Waals surface area contributed by atoms with Crippen LogP contribution >= 0.6 is 0 Å². The van der Waals surface area contributed by atoms with Crippen molar-refractivity contribution in [3.63, 3.8) is 0 Å². The van der Waals surface area contributed by atoms with Crippen molar-refractivity contribution >= 4 is 10.9 Å². The largest absolute Gasteiger partial charge is 0.375 e. The van der Waals surface area contributed by atoms with Gasteiger partial charge in [0.15, 0.2) is 0 Å². The van der Waals surface area contributed by atoms with Crippen LogP contribution in [-0.4, -0.2) is 11.6 Å². The van der Waals surface area contributed by atoms with Crippen LogP contribution in [0.25, 0.3) is 10.9 Å². The third-order valence-electron chi connectivity index (χ3n) is 2.77. The lowest BCUT2D eigenvalue weighted by Gasteiger charge is -2.22. The lowest BCUT2D eigenvalue weighted by atomic mass is 9.98. The number of hydrogen-bond acceptors (Lipinski definition) is 2. The Labute approximate surface area is 81.9 Å². The Morgan fingerprint density at radius 2 is 2.36 bits per heavy atom. The first-order valence-electron chi connectivity index (χ1n) is 4.78. The monoisotopic (exact) mass is 188 g/mol. The van der Waals surface area contributed by atoms with E-state index in [2.05, 4.69) is 23.2 Å². The average Bonchev–Trinajstić information content (AvgIpc) is 2.62. The highest BCUT2D eigenvalue weighted by atomic mass is 16.5. The van der Waals surface area contributed by atoms with E-state index in [4.69, 9.17) is 10.5 Å². The van der Waals surface area contributed by atoms with Crippen LogP contribution in [0.1, 0.15) is 17.2 Å². The zero-order valence-electron chi connectivity index (χ0n) is 7.79. The summed E-state index contributed by atoms with van der Waals surface area (Å²) in [7, 11) is 0. The molecule has 0 saturated carbocycles. The van der Waals surface area contributed by atoms with Gasteiger partial charge in [-0.3, -0.25) is 0 Å². The van der Waals surface area contributed by atoms with Gasteiger partial charge in [-0.1, -0.05) is 0 Å². The molecule has 0 fully saturated rings. The number of nitrogens with two attached hydrogens (primary N) is 1. The van der Waals surface area contributed by atoms with Gasteiger partial charge in [-0.05, 0) is 34.7 Å². The third kappa shape index (κ3) is 1.06. The molecular formula is C11H12N2O. The van der Waals surface area contributed by atoms with Gasteiger partial charge in [0.2, 0.25) is 0 Å². The molecule has 1 aromatic heterocycles. The van der Waals surface area contributed by atoms with Crippen LogP contribution in [0.3, 0.4) is 0 Å². The summed E-state index contributed by atoms with van der Waals surface area (Å²) in [5.74, 6) is 0.